The first-order chi connectivity index (χ1) is 12.9. The number of benzene rings is 2. The molecule has 0 aliphatic carbocycles. The minimum absolute atomic E-state index is 0.166. The Morgan fingerprint density at radius 1 is 0.926 bits per heavy atom. The average Bonchev–Trinajstić information content (AvgIpc) is 2.62. The van der Waals surface area contributed by atoms with Crippen molar-refractivity contribution < 1.29 is 14.4 Å². The van der Waals surface area contributed by atoms with Crippen molar-refractivity contribution in [3.05, 3.63) is 70.7 Å². The Morgan fingerprint density at radius 3 is 2.15 bits per heavy atom. The molecule has 27 heavy (non-hydrogen) atoms. The molecule has 7 heteroatoms. The highest BCUT2D eigenvalue weighted by Crippen LogP contribution is 2.16. The number of hydrogen-bond donors (Lipinski definition) is 3. The Balaban J connectivity index is 2.13. The number of carbonyl (C=O) groups excluding carboxylic acids is 3. The largest absolute Gasteiger partial charge is 0.368 e. The van der Waals surface area contributed by atoms with Gasteiger partial charge in [0.1, 0.15) is 12.1 Å². The van der Waals surface area contributed by atoms with Gasteiger partial charge in [-0.25, -0.2) is 0 Å². The fraction of sp³-hybridized carbons (Fsp3) is 0.250. The zero-order valence-corrected chi connectivity index (χ0v) is 15.7. The second-order valence-corrected chi connectivity index (χ2v) is 6.61. The maximum absolute atomic E-state index is 12.7. The van der Waals surface area contributed by atoms with E-state index in [1.807, 2.05) is 30.3 Å². The fourth-order valence-corrected chi connectivity index (χ4v) is 2.90. The van der Waals surface area contributed by atoms with Crippen molar-refractivity contribution in [1.82, 2.24) is 10.6 Å². The summed E-state index contributed by atoms with van der Waals surface area (Å²) < 4.78 is 0. The van der Waals surface area contributed by atoms with Gasteiger partial charge in [-0.15, -0.1) is 0 Å². The molecule has 0 aliphatic heterocycles. The Labute approximate surface area is 163 Å². The maximum atomic E-state index is 12.7. The van der Waals surface area contributed by atoms with E-state index in [1.165, 1.54) is 6.92 Å². The minimum Gasteiger partial charge on any atom is -0.368 e. The van der Waals surface area contributed by atoms with Crippen LogP contribution in [0.4, 0.5) is 0 Å². The summed E-state index contributed by atoms with van der Waals surface area (Å²) in [7, 11) is 0. The van der Waals surface area contributed by atoms with Crippen LogP contribution in [0.15, 0.2) is 54.6 Å². The van der Waals surface area contributed by atoms with E-state index < -0.39 is 23.9 Å². The van der Waals surface area contributed by atoms with Crippen LogP contribution in [0.2, 0.25) is 5.02 Å². The summed E-state index contributed by atoms with van der Waals surface area (Å²) in [6.07, 6.45) is 0.461. The van der Waals surface area contributed by atoms with E-state index >= 15 is 0 Å². The Bertz CT molecular complexity index is 811. The zero-order chi connectivity index (χ0) is 19.8. The lowest BCUT2D eigenvalue weighted by atomic mass is 10.0. The molecule has 0 radical (unpaired) electrons. The molecule has 3 amide bonds. The molecule has 6 nitrogen and oxygen atoms in total. The van der Waals surface area contributed by atoms with Crippen LogP contribution in [0.5, 0.6) is 0 Å². The van der Waals surface area contributed by atoms with Crippen molar-refractivity contribution in [1.29, 1.82) is 0 Å². The highest BCUT2D eigenvalue weighted by atomic mass is 35.5. The van der Waals surface area contributed by atoms with Gasteiger partial charge in [-0.1, -0.05) is 60.1 Å². The van der Waals surface area contributed by atoms with E-state index in [1.54, 1.807) is 24.3 Å². The highest BCUT2D eigenvalue weighted by Gasteiger charge is 2.25. The third-order valence-electron chi connectivity index (χ3n) is 4.02. The van der Waals surface area contributed by atoms with Gasteiger partial charge in [0.25, 0.3) is 0 Å². The fourth-order valence-electron chi connectivity index (χ4n) is 2.68. The summed E-state index contributed by atoms with van der Waals surface area (Å²) in [5.74, 6) is -1.50. The van der Waals surface area contributed by atoms with Gasteiger partial charge in [-0.2, -0.15) is 0 Å². The van der Waals surface area contributed by atoms with E-state index in [0.717, 1.165) is 5.56 Å². The van der Waals surface area contributed by atoms with Gasteiger partial charge in [0.15, 0.2) is 0 Å². The van der Waals surface area contributed by atoms with Crippen LogP contribution in [0.3, 0.4) is 0 Å². The first-order valence-corrected chi connectivity index (χ1v) is 8.88. The van der Waals surface area contributed by atoms with E-state index in [4.69, 9.17) is 17.3 Å². The van der Waals surface area contributed by atoms with Crippen molar-refractivity contribution in [2.45, 2.75) is 31.8 Å². The predicted molar refractivity (Wildman–Crippen MR) is 104 cm³/mol. The molecule has 0 heterocycles. The molecule has 0 aliphatic rings. The minimum atomic E-state index is -0.940. The van der Waals surface area contributed by atoms with Crippen molar-refractivity contribution in [2.24, 2.45) is 5.73 Å². The second-order valence-electron chi connectivity index (χ2n) is 6.20. The molecule has 0 spiro atoms. The third kappa shape index (κ3) is 6.42. The number of amides is 3. The van der Waals surface area contributed by atoms with E-state index in [9.17, 15) is 14.4 Å². The van der Waals surface area contributed by atoms with Crippen molar-refractivity contribution in [3.8, 4) is 0 Å². The van der Waals surface area contributed by atoms with Gasteiger partial charge in [0, 0.05) is 24.8 Å². The van der Waals surface area contributed by atoms with E-state index in [2.05, 4.69) is 10.6 Å². The molecule has 0 fully saturated rings. The van der Waals surface area contributed by atoms with E-state index in [0.29, 0.717) is 17.0 Å². The lowest BCUT2D eigenvalue weighted by Crippen LogP contribution is -2.54. The molecule has 0 bridgehead atoms. The third-order valence-corrected chi connectivity index (χ3v) is 4.39. The molecule has 2 aromatic rings. The second kappa shape index (κ2) is 9.73. The van der Waals surface area contributed by atoms with Crippen molar-refractivity contribution in [3.63, 3.8) is 0 Å². The van der Waals surface area contributed by atoms with Crippen LogP contribution < -0.4 is 16.4 Å². The van der Waals surface area contributed by atoms with Gasteiger partial charge < -0.3 is 16.4 Å². The molecule has 0 saturated carbocycles. The number of halogens is 1. The topological polar surface area (TPSA) is 101 Å². The normalized spacial score (nSPS) is 12.7. The van der Waals surface area contributed by atoms with Gasteiger partial charge >= 0.3 is 0 Å². The Hall–Kier alpha value is -2.86. The van der Waals surface area contributed by atoms with Crippen LogP contribution in [-0.4, -0.2) is 29.8 Å². The Kier molecular flexibility index (Phi) is 7.37. The number of rotatable bonds is 8. The van der Waals surface area contributed by atoms with Crippen molar-refractivity contribution >= 4 is 29.3 Å². The molecule has 142 valence electrons. The van der Waals surface area contributed by atoms with E-state index in [-0.39, 0.29) is 12.3 Å². The number of nitrogens with two attached hydrogens (primary N) is 1. The SMILES string of the molecule is CC(=O)N[C@H](Cc1ccccc1)C(=O)N[C@H](Cc1ccccc1Cl)C(N)=O. The Morgan fingerprint density at radius 2 is 1.56 bits per heavy atom. The molecular formula is C20H22ClN3O3. The smallest absolute Gasteiger partial charge is 0.243 e. The van der Waals surface area contributed by atoms with Crippen LogP contribution in [0.1, 0.15) is 18.1 Å². The molecular weight excluding hydrogens is 366 g/mol. The summed E-state index contributed by atoms with van der Waals surface area (Å²) >= 11 is 6.13. The lowest BCUT2D eigenvalue weighted by Gasteiger charge is -2.22. The summed E-state index contributed by atoms with van der Waals surface area (Å²) in [5, 5.41) is 5.74. The first kappa shape index (κ1) is 20.5. The molecule has 2 aromatic carbocycles. The van der Waals surface area contributed by atoms with Gasteiger partial charge in [-0.3, -0.25) is 14.4 Å². The molecule has 0 unspecified atom stereocenters. The molecule has 4 N–H and O–H groups in total. The monoisotopic (exact) mass is 387 g/mol. The van der Waals surface area contributed by atoms with Crippen molar-refractivity contribution in [2.75, 3.05) is 0 Å². The molecule has 2 atom stereocenters. The summed E-state index contributed by atoms with van der Waals surface area (Å²) in [6, 6.07) is 14.5. The van der Waals surface area contributed by atoms with Crippen LogP contribution in [-0.2, 0) is 27.2 Å². The average molecular weight is 388 g/mol. The number of hydrogen-bond acceptors (Lipinski definition) is 3. The van der Waals surface area contributed by atoms with Crippen LogP contribution >= 0.6 is 11.6 Å². The van der Waals surface area contributed by atoms with Crippen LogP contribution in [0, 0.1) is 0 Å². The van der Waals surface area contributed by atoms with Gasteiger partial charge in [-0.05, 0) is 17.2 Å². The van der Waals surface area contributed by atoms with Crippen LogP contribution in [0.25, 0.3) is 0 Å². The molecule has 0 saturated heterocycles. The summed E-state index contributed by atoms with van der Waals surface area (Å²) in [5.41, 5.74) is 7.03. The zero-order valence-electron chi connectivity index (χ0n) is 14.9. The van der Waals surface area contributed by atoms with Gasteiger partial charge in [0.05, 0.1) is 0 Å². The highest BCUT2D eigenvalue weighted by molar-refractivity contribution is 6.31. The first-order valence-electron chi connectivity index (χ1n) is 8.51. The quantitative estimate of drug-likeness (QED) is 0.641. The summed E-state index contributed by atoms with van der Waals surface area (Å²) in [6.45, 7) is 1.33. The maximum Gasteiger partial charge on any atom is 0.243 e. The standard InChI is InChI=1S/C20H22ClN3O3/c1-13(25)23-18(11-14-7-3-2-4-8-14)20(27)24-17(19(22)26)12-15-9-5-6-10-16(15)21/h2-10,17-18H,11-12H2,1H3,(H2,22,26)(H,23,25)(H,24,27)/t17-,18-/m1/s1. The number of carbonyl (C=O) groups is 3. The molecule has 0 aromatic heterocycles. The predicted octanol–water partition coefficient (Wildman–Crippen LogP) is 1.60. The number of primary amides is 1. The lowest BCUT2D eigenvalue weighted by molar-refractivity contribution is -0.130. The summed E-state index contributed by atoms with van der Waals surface area (Å²) in [4.78, 5) is 36.0. The number of nitrogens with one attached hydrogen (secondary N) is 2. The van der Waals surface area contributed by atoms with Gasteiger partial charge in [0.2, 0.25) is 17.7 Å². The molecule has 2 rings (SSSR count).